The Morgan fingerprint density at radius 3 is 2.84 bits per heavy atom. The number of aliphatic hydroxyl groups is 1. The van der Waals surface area contributed by atoms with E-state index in [1.807, 2.05) is 26.2 Å². The number of aryl methyl sites for hydroxylation is 1. The molecule has 0 saturated heterocycles. The van der Waals surface area contributed by atoms with Gasteiger partial charge in [-0.3, -0.25) is 4.79 Å². The lowest BCUT2D eigenvalue weighted by Gasteiger charge is -2.16. The first-order chi connectivity index (χ1) is 9.08. The molecular weight excluding hydrogens is 244 g/mol. The number of hydrogen-bond acceptors (Lipinski definition) is 3. The summed E-state index contributed by atoms with van der Waals surface area (Å²) < 4.78 is 6.88. The van der Waals surface area contributed by atoms with E-state index in [1.165, 1.54) is 6.26 Å². The summed E-state index contributed by atoms with van der Waals surface area (Å²) >= 11 is 0. The molecule has 2 N–H and O–H groups in total. The molecule has 2 aromatic heterocycles. The second-order valence-electron chi connectivity index (χ2n) is 4.65. The quantitative estimate of drug-likeness (QED) is 0.864. The van der Waals surface area contributed by atoms with E-state index in [9.17, 15) is 9.90 Å². The van der Waals surface area contributed by atoms with E-state index in [-0.39, 0.29) is 11.9 Å². The Hall–Kier alpha value is -2.01. The van der Waals surface area contributed by atoms with Crippen LogP contribution in [-0.4, -0.2) is 21.6 Å². The van der Waals surface area contributed by atoms with Crippen molar-refractivity contribution in [2.24, 2.45) is 7.05 Å². The van der Waals surface area contributed by atoms with Crippen LogP contribution < -0.4 is 5.32 Å². The van der Waals surface area contributed by atoms with Crippen LogP contribution in [0.4, 0.5) is 0 Å². The molecule has 0 radical (unpaired) electrons. The highest BCUT2D eigenvalue weighted by molar-refractivity contribution is 5.92. The number of aliphatic hydroxyl groups excluding tert-OH is 1. The van der Waals surface area contributed by atoms with Crippen molar-refractivity contribution in [3.63, 3.8) is 0 Å². The summed E-state index contributed by atoms with van der Waals surface area (Å²) in [5.41, 5.74) is 0.597. The molecule has 1 amide bonds. The van der Waals surface area contributed by atoms with E-state index in [0.29, 0.717) is 17.9 Å². The fourth-order valence-electron chi connectivity index (χ4n) is 1.99. The van der Waals surface area contributed by atoms with Crippen LogP contribution >= 0.6 is 0 Å². The Balaban J connectivity index is 1.89. The maximum absolute atomic E-state index is 12.0. The van der Waals surface area contributed by atoms with Gasteiger partial charge in [0, 0.05) is 25.7 Å². The zero-order valence-electron chi connectivity index (χ0n) is 11.0. The summed E-state index contributed by atoms with van der Waals surface area (Å²) in [5, 5.41) is 12.8. The monoisotopic (exact) mass is 262 g/mol. The van der Waals surface area contributed by atoms with Gasteiger partial charge in [0.05, 0.1) is 6.26 Å². The average molecular weight is 262 g/mol. The highest BCUT2D eigenvalue weighted by atomic mass is 16.4. The number of amides is 1. The van der Waals surface area contributed by atoms with Gasteiger partial charge in [0.2, 0.25) is 0 Å². The van der Waals surface area contributed by atoms with Crippen LogP contribution in [0.2, 0.25) is 0 Å². The Morgan fingerprint density at radius 2 is 2.26 bits per heavy atom. The second-order valence-corrected chi connectivity index (χ2v) is 4.65. The first kappa shape index (κ1) is 13.4. The van der Waals surface area contributed by atoms with Crippen LogP contribution in [-0.2, 0) is 7.05 Å². The zero-order valence-corrected chi connectivity index (χ0v) is 11.0. The third kappa shape index (κ3) is 3.26. The molecule has 0 aromatic carbocycles. The van der Waals surface area contributed by atoms with Crippen molar-refractivity contribution in [3.8, 4) is 0 Å². The largest absolute Gasteiger partial charge is 0.467 e. The summed E-state index contributed by atoms with van der Waals surface area (Å²) in [6.07, 6.45) is 3.03. The van der Waals surface area contributed by atoms with E-state index >= 15 is 0 Å². The molecule has 5 nitrogen and oxygen atoms in total. The minimum Gasteiger partial charge on any atom is -0.467 e. The minimum atomic E-state index is -0.710. The molecule has 0 bridgehead atoms. The van der Waals surface area contributed by atoms with Crippen molar-refractivity contribution in [1.29, 1.82) is 0 Å². The van der Waals surface area contributed by atoms with Crippen LogP contribution in [0.5, 0.6) is 0 Å². The summed E-state index contributed by atoms with van der Waals surface area (Å²) in [6.45, 7) is 1.85. The van der Waals surface area contributed by atoms with Crippen molar-refractivity contribution in [2.75, 3.05) is 0 Å². The first-order valence-electron chi connectivity index (χ1n) is 6.21. The third-order valence-electron chi connectivity index (χ3n) is 3.00. The van der Waals surface area contributed by atoms with E-state index in [1.54, 1.807) is 22.8 Å². The SMILES string of the molecule is CC(CC(O)c1ccco1)NC(=O)c1cccn1C. The molecule has 0 aliphatic rings. The minimum absolute atomic E-state index is 0.147. The lowest BCUT2D eigenvalue weighted by atomic mass is 10.1. The lowest BCUT2D eigenvalue weighted by molar-refractivity contribution is 0.0895. The molecule has 102 valence electrons. The Morgan fingerprint density at radius 1 is 1.47 bits per heavy atom. The van der Waals surface area contributed by atoms with E-state index in [0.717, 1.165) is 0 Å². The molecule has 19 heavy (non-hydrogen) atoms. The Labute approximate surface area is 111 Å². The van der Waals surface area contributed by atoms with Crippen molar-refractivity contribution >= 4 is 5.91 Å². The number of carbonyl (C=O) groups excluding carboxylic acids is 1. The van der Waals surface area contributed by atoms with Gasteiger partial charge in [-0.05, 0) is 31.2 Å². The molecule has 5 heteroatoms. The van der Waals surface area contributed by atoms with Crippen molar-refractivity contribution in [1.82, 2.24) is 9.88 Å². The summed E-state index contributed by atoms with van der Waals surface area (Å²) in [7, 11) is 1.82. The van der Waals surface area contributed by atoms with Gasteiger partial charge >= 0.3 is 0 Å². The summed E-state index contributed by atoms with van der Waals surface area (Å²) in [4.78, 5) is 12.0. The molecule has 0 aliphatic heterocycles. The molecule has 2 heterocycles. The number of hydrogen-bond donors (Lipinski definition) is 2. The molecule has 2 atom stereocenters. The number of nitrogens with one attached hydrogen (secondary N) is 1. The average Bonchev–Trinajstić information content (AvgIpc) is 2.98. The molecule has 2 unspecified atom stereocenters. The van der Waals surface area contributed by atoms with E-state index < -0.39 is 6.10 Å². The predicted octanol–water partition coefficient (Wildman–Crippen LogP) is 1.86. The standard InChI is InChI=1S/C14H18N2O3/c1-10(9-12(17)13-6-4-8-19-13)15-14(18)11-5-3-7-16(11)2/h3-8,10,12,17H,9H2,1-2H3,(H,15,18). The molecule has 0 saturated carbocycles. The van der Waals surface area contributed by atoms with Gasteiger partial charge in [-0.25, -0.2) is 0 Å². The van der Waals surface area contributed by atoms with Crippen molar-refractivity contribution in [3.05, 3.63) is 48.2 Å². The van der Waals surface area contributed by atoms with Crippen LogP contribution in [0, 0.1) is 0 Å². The number of rotatable bonds is 5. The van der Waals surface area contributed by atoms with E-state index in [4.69, 9.17) is 4.42 Å². The molecular formula is C14H18N2O3. The normalized spacial score (nSPS) is 14.1. The fraction of sp³-hybridized carbons (Fsp3) is 0.357. The fourth-order valence-corrected chi connectivity index (χ4v) is 1.99. The number of aromatic nitrogens is 1. The topological polar surface area (TPSA) is 67.4 Å². The smallest absolute Gasteiger partial charge is 0.268 e. The van der Waals surface area contributed by atoms with Gasteiger partial charge in [-0.15, -0.1) is 0 Å². The zero-order chi connectivity index (χ0) is 13.8. The number of carbonyl (C=O) groups is 1. The van der Waals surface area contributed by atoms with E-state index in [2.05, 4.69) is 5.32 Å². The van der Waals surface area contributed by atoms with Gasteiger partial charge in [0.25, 0.3) is 5.91 Å². The molecule has 0 aliphatic carbocycles. The Kier molecular flexibility index (Phi) is 4.06. The first-order valence-corrected chi connectivity index (χ1v) is 6.21. The number of furan rings is 1. The highest BCUT2D eigenvalue weighted by Gasteiger charge is 2.17. The summed E-state index contributed by atoms with van der Waals surface area (Å²) in [6, 6.07) is 6.87. The van der Waals surface area contributed by atoms with Crippen LogP contribution in [0.25, 0.3) is 0 Å². The van der Waals surface area contributed by atoms with Gasteiger partial charge in [-0.2, -0.15) is 0 Å². The maximum atomic E-state index is 12.0. The third-order valence-corrected chi connectivity index (χ3v) is 3.00. The number of nitrogens with zero attached hydrogens (tertiary/aromatic N) is 1. The van der Waals surface area contributed by atoms with Gasteiger partial charge in [0.15, 0.2) is 0 Å². The van der Waals surface area contributed by atoms with Crippen molar-refractivity contribution in [2.45, 2.75) is 25.5 Å². The van der Waals surface area contributed by atoms with Crippen LogP contribution in [0.3, 0.4) is 0 Å². The van der Waals surface area contributed by atoms with Gasteiger partial charge < -0.3 is 19.4 Å². The summed E-state index contributed by atoms with van der Waals surface area (Å²) in [5.74, 6) is 0.367. The highest BCUT2D eigenvalue weighted by Crippen LogP contribution is 2.18. The van der Waals surface area contributed by atoms with Gasteiger partial charge in [0.1, 0.15) is 17.6 Å². The van der Waals surface area contributed by atoms with Crippen LogP contribution in [0.1, 0.15) is 35.7 Å². The lowest BCUT2D eigenvalue weighted by Crippen LogP contribution is -2.34. The predicted molar refractivity (Wildman–Crippen MR) is 70.6 cm³/mol. The maximum Gasteiger partial charge on any atom is 0.268 e. The van der Waals surface area contributed by atoms with Crippen molar-refractivity contribution < 1.29 is 14.3 Å². The van der Waals surface area contributed by atoms with Gasteiger partial charge in [-0.1, -0.05) is 0 Å². The molecule has 0 spiro atoms. The van der Waals surface area contributed by atoms with Crippen LogP contribution in [0.15, 0.2) is 41.1 Å². The molecule has 2 aromatic rings. The second kappa shape index (κ2) is 5.75. The molecule has 2 rings (SSSR count). The molecule has 0 fully saturated rings. The Bertz CT molecular complexity index is 531.